The van der Waals surface area contributed by atoms with Gasteiger partial charge < -0.3 is 16.4 Å². The zero-order chi connectivity index (χ0) is 21.4. The van der Waals surface area contributed by atoms with E-state index in [1.807, 2.05) is 0 Å². The number of aromatic nitrogens is 1. The van der Waals surface area contributed by atoms with Crippen molar-refractivity contribution in [1.82, 2.24) is 15.6 Å². The Labute approximate surface area is 165 Å². The Hall–Kier alpha value is -2.21. The topological polar surface area (TPSA) is 131 Å². The van der Waals surface area contributed by atoms with Crippen molar-refractivity contribution in [3.05, 3.63) is 29.6 Å². The fourth-order valence-corrected chi connectivity index (χ4v) is 6.15. The van der Waals surface area contributed by atoms with Crippen LogP contribution in [0.25, 0.3) is 0 Å². The number of hydrogen-bond donors (Lipinski definition) is 3. The van der Waals surface area contributed by atoms with E-state index in [-0.39, 0.29) is 25.8 Å². The summed E-state index contributed by atoms with van der Waals surface area (Å²) in [7, 11) is -3.64. The SMILES string of the molecule is NC(=O)C1CC(S(=O)(=O)C2CCNC2C(=O)NCc2ccc(C(F)(F)F)nc2)C1. The zero-order valence-electron chi connectivity index (χ0n) is 15.3. The van der Waals surface area contributed by atoms with Crippen LogP contribution in [0.4, 0.5) is 13.2 Å². The molecule has 4 N–H and O–H groups in total. The van der Waals surface area contributed by atoms with E-state index >= 15 is 0 Å². The largest absolute Gasteiger partial charge is 0.433 e. The molecule has 2 aliphatic rings. The first-order valence-electron chi connectivity index (χ1n) is 9.05. The average Bonchev–Trinajstić information content (AvgIpc) is 3.08. The summed E-state index contributed by atoms with van der Waals surface area (Å²) in [5.41, 5.74) is 4.50. The van der Waals surface area contributed by atoms with E-state index in [1.54, 1.807) is 0 Å². The Balaban J connectivity index is 1.59. The van der Waals surface area contributed by atoms with Gasteiger partial charge in [-0.1, -0.05) is 6.07 Å². The predicted octanol–water partition coefficient (Wildman–Crippen LogP) is 0.126. The molecule has 1 aliphatic carbocycles. The summed E-state index contributed by atoms with van der Waals surface area (Å²) in [6, 6.07) is 1.05. The lowest BCUT2D eigenvalue weighted by Gasteiger charge is -2.35. The maximum absolute atomic E-state index is 12.8. The molecule has 1 aliphatic heterocycles. The van der Waals surface area contributed by atoms with E-state index in [9.17, 15) is 31.2 Å². The molecule has 1 aromatic rings. The fraction of sp³-hybridized carbons (Fsp3) is 0.588. The monoisotopic (exact) mass is 434 g/mol. The lowest BCUT2D eigenvalue weighted by molar-refractivity contribution is -0.141. The standard InChI is InChI=1S/C17H21F3N4O4S/c18-17(19,20)13-2-1-9(7-23-13)8-24-16(26)14-12(3-4-22-14)29(27,28)11-5-10(6-11)15(21)25/h1-2,7,10-12,14,22H,3-6,8H2,(H2,21,25)(H,24,26). The molecular weight excluding hydrogens is 413 g/mol. The highest BCUT2D eigenvalue weighted by molar-refractivity contribution is 7.92. The van der Waals surface area contributed by atoms with Crippen molar-refractivity contribution >= 4 is 21.7 Å². The van der Waals surface area contributed by atoms with Crippen LogP contribution in [0.5, 0.6) is 0 Å². The first-order valence-corrected chi connectivity index (χ1v) is 10.7. The highest BCUT2D eigenvalue weighted by atomic mass is 32.2. The van der Waals surface area contributed by atoms with Crippen LogP contribution in [0.3, 0.4) is 0 Å². The van der Waals surface area contributed by atoms with Gasteiger partial charge in [0.2, 0.25) is 11.8 Å². The second kappa shape index (κ2) is 7.90. The molecule has 1 aromatic heterocycles. The van der Waals surface area contributed by atoms with Gasteiger partial charge in [0.1, 0.15) is 11.7 Å². The summed E-state index contributed by atoms with van der Waals surface area (Å²) in [4.78, 5) is 26.9. The van der Waals surface area contributed by atoms with Crippen molar-refractivity contribution in [2.75, 3.05) is 6.54 Å². The van der Waals surface area contributed by atoms with Crippen LogP contribution in [-0.4, -0.2) is 48.3 Å². The number of carbonyl (C=O) groups is 2. The number of carbonyl (C=O) groups excluding carboxylic acids is 2. The Morgan fingerprint density at radius 3 is 2.52 bits per heavy atom. The molecule has 29 heavy (non-hydrogen) atoms. The molecule has 3 rings (SSSR count). The molecule has 0 spiro atoms. The number of alkyl halides is 3. The third kappa shape index (κ3) is 4.53. The second-order valence-corrected chi connectivity index (χ2v) is 9.76. The molecule has 1 saturated heterocycles. The molecule has 160 valence electrons. The van der Waals surface area contributed by atoms with Crippen molar-refractivity contribution < 1.29 is 31.2 Å². The summed E-state index contributed by atoms with van der Waals surface area (Å²) in [5, 5.41) is 3.79. The minimum absolute atomic E-state index is 0.0813. The Morgan fingerprint density at radius 1 is 1.28 bits per heavy atom. The maximum atomic E-state index is 12.8. The number of nitrogens with zero attached hydrogens (tertiary/aromatic N) is 1. The van der Waals surface area contributed by atoms with Crippen LogP contribution in [-0.2, 0) is 32.1 Å². The second-order valence-electron chi connectivity index (χ2n) is 7.31. The van der Waals surface area contributed by atoms with Crippen molar-refractivity contribution in [3.63, 3.8) is 0 Å². The van der Waals surface area contributed by atoms with Crippen LogP contribution in [0, 0.1) is 5.92 Å². The number of pyridine rings is 1. The molecule has 2 unspecified atom stereocenters. The number of amides is 2. The average molecular weight is 434 g/mol. The van der Waals surface area contributed by atoms with Crippen LogP contribution in [0.15, 0.2) is 18.3 Å². The van der Waals surface area contributed by atoms with Crippen LogP contribution < -0.4 is 16.4 Å². The summed E-state index contributed by atoms with van der Waals surface area (Å²) >= 11 is 0. The summed E-state index contributed by atoms with van der Waals surface area (Å²) < 4.78 is 63.2. The summed E-state index contributed by atoms with van der Waals surface area (Å²) in [5.74, 6) is -1.54. The zero-order valence-corrected chi connectivity index (χ0v) is 16.1. The molecule has 8 nitrogen and oxygen atoms in total. The smallest absolute Gasteiger partial charge is 0.369 e. The molecule has 2 fully saturated rings. The van der Waals surface area contributed by atoms with Gasteiger partial charge in [0, 0.05) is 18.7 Å². The van der Waals surface area contributed by atoms with Gasteiger partial charge in [-0.15, -0.1) is 0 Å². The number of sulfone groups is 1. The van der Waals surface area contributed by atoms with Gasteiger partial charge in [0.25, 0.3) is 0 Å². The van der Waals surface area contributed by atoms with E-state index in [0.29, 0.717) is 12.1 Å². The number of rotatable bonds is 6. The highest BCUT2D eigenvalue weighted by Gasteiger charge is 2.49. The number of nitrogens with two attached hydrogens (primary N) is 1. The molecule has 2 heterocycles. The first-order chi connectivity index (χ1) is 13.5. The third-order valence-electron chi connectivity index (χ3n) is 5.41. The lowest BCUT2D eigenvalue weighted by Crippen LogP contribution is -2.53. The number of primary amides is 1. The molecule has 0 radical (unpaired) electrons. The molecular formula is C17H21F3N4O4S. The van der Waals surface area contributed by atoms with Gasteiger partial charge in [-0.2, -0.15) is 13.2 Å². The van der Waals surface area contributed by atoms with Crippen molar-refractivity contribution in [3.8, 4) is 0 Å². The quantitative estimate of drug-likeness (QED) is 0.583. The molecule has 2 atom stereocenters. The van der Waals surface area contributed by atoms with Crippen LogP contribution in [0.1, 0.15) is 30.5 Å². The Morgan fingerprint density at radius 2 is 1.97 bits per heavy atom. The lowest BCUT2D eigenvalue weighted by atomic mass is 9.84. The van der Waals surface area contributed by atoms with E-state index in [4.69, 9.17) is 5.73 Å². The van der Waals surface area contributed by atoms with Gasteiger partial charge >= 0.3 is 6.18 Å². The molecule has 12 heteroatoms. The number of hydrogen-bond acceptors (Lipinski definition) is 6. The van der Waals surface area contributed by atoms with Gasteiger partial charge in [-0.3, -0.25) is 14.6 Å². The molecule has 0 aromatic carbocycles. The van der Waals surface area contributed by atoms with Crippen LogP contribution in [0.2, 0.25) is 0 Å². The molecule has 2 amide bonds. The maximum Gasteiger partial charge on any atom is 0.433 e. The van der Waals surface area contributed by atoms with E-state index in [1.165, 1.54) is 6.07 Å². The van der Waals surface area contributed by atoms with Gasteiger partial charge in [0.15, 0.2) is 9.84 Å². The summed E-state index contributed by atoms with van der Waals surface area (Å²) in [6.45, 7) is 0.262. The Kier molecular flexibility index (Phi) is 5.86. The predicted molar refractivity (Wildman–Crippen MR) is 95.9 cm³/mol. The number of nitrogens with one attached hydrogen (secondary N) is 2. The third-order valence-corrected chi connectivity index (χ3v) is 8.08. The molecule has 1 saturated carbocycles. The fourth-order valence-electron chi connectivity index (χ4n) is 3.60. The van der Waals surface area contributed by atoms with Gasteiger partial charge in [0.05, 0.1) is 10.5 Å². The van der Waals surface area contributed by atoms with Crippen LogP contribution >= 0.6 is 0 Å². The van der Waals surface area contributed by atoms with E-state index < -0.39 is 56.0 Å². The van der Waals surface area contributed by atoms with E-state index in [2.05, 4.69) is 15.6 Å². The van der Waals surface area contributed by atoms with E-state index in [0.717, 1.165) is 12.3 Å². The normalized spacial score (nSPS) is 27.3. The Bertz CT molecular complexity index is 883. The van der Waals surface area contributed by atoms with Gasteiger partial charge in [-0.25, -0.2) is 8.42 Å². The molecule has 0 bridgehead atoms. The highest BCUT2D eigenvalue weighted by Crippen LogP contribution is 2.37. The summed E-state index contributed by atoms with van der Waals surface area (Å²) in [6.07, 6.45) is -2.94. The van der Waals surface area contributed by atoms with Crippen molar-refractivity contribution in [2.45, 2.75) is 48.5 Å². The van der Waals surface area contributed by atoms with Gasteiger partial charge in [-0.05, 0) is 37.4 Å². The first kappa shape index (κ1) is 21.5. The minimum atomic E-state index is -4.55. The minimum Gasteiger partial charge on any atom is -0.369 e. The van der Waals surface area contributed by atoms with Crippen molar-refractivity contribution in [1.29, 1.82) is 0 Å². The van der Waals surface area contributed by atoms with Crippen molar-refractivity contribution in [2.24, 2.45) is 11.7 Å². The number of halogens is 3.